The molecule has 0 radical (unpaired) electrons. The Balaban J connectivity index is 3.58. The van der Waals surface area contributed by atoms with Crippen LogP contribution in [0.3, 0.4) is 0 Å². The van der Waals surface area contributed by atoms with Crippen molar-refractivity contribution >= 4 is 13.4 Å². The van der Waals surface area contributed by atoms with Gasteiger partial charge in [0, 0.05) is 7.05 Å². The zero-order valence-corrected chi connectivity index (χ0v) is 5.16. The summed E-state index contributed by atoms with van der Waals surface area (Å²) in [4.78, 5) is 10.1. The molecule has 1 atom stereocenters. The Morgan fingerprint density at radius 3 is 2.14 bits per heavy atom. The van der Waals surface area contributed by atoms with Crippen LogP contribution in [0.5, 0.6) is 0 Å². The highest BCUT2D eigenvalue weighted by molar-refractivity contribution is 7.62. The summed E-state index contributed by atoms with van der Waals surface area (Å²) in [5.74, 6) is 0. The molecule has 0 fully saturated rings. The van der Waals surface area contributed by atoms with Crippen LogP contribution in [-0.4, -0.2) is 19.4 Å². The third-order valence-corrected chi connectivity index (χ3v) is 1.30. The largest absolute Gasteiger partial charge is 0.459 e. The number of hydrogen-bond acceptors (Lipinski definition) is 2. The highest BCUT2D eigenvalue weighted by Gasteiger charge is 2.16. The minimum atomic E-state index is -1.66. The average Bonchev–Trinajstić information content (AvgIpc) is 1.65. The van der Waals surface area contributed by atoms with E-state index in [0.29, 0.717) is 0 Å². The fourth-order valence-electron chi connectivity index (χ4n) is 0.157. The van der Waals surface area contributed by atoms with Gasteiger partial charge in [-0.2, -0.15) is 0 Å². The molecule has 0 spiro atoms. The molecule has 1 amide bonds. The molecule has 0 heterocycles. The number of rotatable bonds is 1. The van der Waals surface area contributed by atoms with Gasteiger partial charge in [-0.15, -0.1) is 0 Å². The molecule has 1 unspecified atom stereocenters. The molecule has 0 aromatic heterocycles. The lowest BCUT2D eigenvalue weighted by Gasteiger charge is -1.75. The van der Waals surface area contributed by atoms with Crippen molar-refractivity contribution in [1.82, 2.24) is 5.32 Å². The number of carbonyl (C=O) groups is 1. The third kappa shape index (κ3) is 2.29. The topological polar surface area (TPSA) is 46.2 Å². The zero-order valence-electron chi connectivity index (χ0n) is 4.26. The minimum absolute atomic E-state index is 0.394. The summed E-state index contributed by atoms with van der Waals surface area (Å²) in [6.45, 7) is 1.37. The lowest BCUT2D eigenvalue weighted by Crippen LogP contribution is -2.10. The maximum absolute atomic E-state index is 10.1. The molecule has 0 bridgehead atoms. The standard InChI is InChI=1S/C3H6NO2P/c1-4-3(5)7(2)6/h1-2H3/p+1. The van der Waals surface area contributed by atoms with Crippen LogP contribution in [0, 0.1) is 0 Å². The van der Waals surface area contributed by atoms with Crippen LogP contribution in [-0.2, 0) is 4.57 Å². The number of carbonyl (C=O) groups excluding carboxylic acids is 1. The van der Waals surface area contributed by atoms with Gasteiger partial charge in [-0.25, -0.2) is 4.79 Å². The van der Waals surface area contributed by atoms with Crippen LogP contribution >= 0.6 is 7.80 Å². The molecular weight excluding hydrogens is 113 g/mol. The van der Waals surface area contributed by atoms with Gasteiger partial charge in [0.2, 0.25) is 0 Å². The molecule has 1 N–H and O–H groups in total. The van der Waals surface area contributed by atoms with Crippen molar-refractivity contribution in [1.29, 1.82) is 0 Å². The minimum Gasteiger partial charge on any atom is -0.316 e. The van der Waals surface area contributed by atoms with Crippen LogP contribution in [0.1, 0.15) is 0 Å². The monoisotopic (exact) mass is 120 g/mol. The van der Waals surface area contributed by atoms with Crippen molar-refractivity contribution in [2.24, 2.45) is 0 Å². The third-order valence-electron chi connectivity index (χ3n) is 0.500. The van der Waals surface area contributed by atoms with Gasteiger partial charge in [0.1, 0.15) is 6.66 Å². The molecule has 0 saturated carbocycles. The first-order valence-corrected chi connectivity index (χ1v) is 3.51. The summed E-state index contributed by atoms with van der Waals surface area (Å²) < 4.78 is 10.1. The molecule has 0 saturated heterocycles. The zero-order chi connectivity index (χ0) is 5.86. The van der Waals surface area contributed by atoms with Crippen LogP contribution < -0.4 is 5.32 Å². The summed E-state index contributed by atoms with van der Waals surface area (Å²) in [7, 11) is -0.204. The lowest BCUT2D eigenvalue weighted by molar-refractivity contribution is 0.261. The van der Waals surface area contributed by atoms with E-state index in [9.17, 15) is 9.36 Å². The Labute approximate surface area is 42.9 Å². The molecular formula is C3H7NO2P+. The van der Waals surface area contributed by atoms with E-state index < -0.39 is 13.4 Å². The molecule has 0 aliphatic rings. The Hall–Kier alpha value is -0.430. The summed E-state index contributed by atoms with van der Waals surface area (Å²) in [6.07, 6.45) is 0. The molecule has 4 heteroatoms. The van der Waals surface area contributed by atoms with Gasteiger partial charge in [-0.3, -0.25) is 0 Å². The number of nitrogens with one attached hydrogen (secondary N) is 1. The average molecular weight is 120 g/mol. The fraction of sp³-hybridized carbons (Fsp3) is 0.667. The SMILES string of the molecule is CNC(=O)[P+](C)=O. The van der Waals surface area contributed by atoms with Crippen molar-refractivity contribution in [2.75, 3.05) is 13.7 Å². The van der Waals surface area contributed by atoms with Crippen molar-refractivity contribution in [3.63, 3.8) is 0 Å². The normalized spacial score (nSPS) is 10.3. The van der Waals surface area contributed by atoms with E-state index in [1.807, 2.05) is 0 Å². The molecule has 0 aliphatic heterocycles. The number of amides is 1. The Kier molecular flexibility index (Phi) is 2.53. The second-order valence-electron chi connectivity index (χ2n) is 1.05. The summed E-state index contributed by atoms with van der Waals surface area (Å²) in [6, 6.07) is 0. The van der Waals surface area contributed by atoms with E-state index in [-0.39, 0.29) is 0 Å². The van der Waals surface area contributed by atoms with Gasteiger partial charge in [0.25, 0.3) is 0 Å². The van der Waals surface area contributed by atoms with Crippen molar-refractivity contribution in [3.8, 4) is 0 Å². The van der Waals surface area contributed by atoms with Gasteiger partial charge in [-0.05, 0) is 0 Å². The molecule has 7 heavy (non-hydrogen) atoms. The Bertz CT molecular complexity index is 101. The molecule has 0 aliphatic carbocycles. The molecule has 3 nitrogen and oxygen atoms in total. The Morgan fingerprint density at radius 1 is 1.71 bits per heavy atom. The smallest absolute Gasteiger partial charge is 0.316 e. The van der Waals surface area contributed by atoms with Crippen LogP contribution in [0.2, 0.25) is 0 Å². The molecule has 0 aromatic carbocycles. The molecule has 40 valence electrons. The van der Waals surface area contributed by atoms with E-state index >= 15 is 0 Å². The number of hydrogen-bond donors (Lipinski definition) is 1. The van der Waals surface area contributed by atoms with Gasteiger partial charge < -0.3 is 5.32 Å². The summed E-state index contributed by atoms with van der Waals surface area (Å²) in [5, 5.41) is 2.24. The van der Waals surface area contributed by atoms with Gasteiger partial charge in [-0.1, -0.05) is 4.57 Å². The van der Waals surface area contributed by atoms with E-state index in [1.165, 1.54) is 13.7 Å². The maximum Gasteiger partial charge on any atom is 0.459 e. The highest BCUT2D eigenvalue weighted by atomic mass is 31.1. The molecule has 0 aromatic rings. The van der Waals surface area contributed by atoms with Crippen LogP contribution in [0.15, 0.2) is 0 Å². The van der Waals surface area contributed by atoms with E-state index in [0.717, 1.165) is 0 Å². The van der Waals surface area contributed by atoms with Crippen molar-refractivity contribution in [2.45, 2.75) is 0 Å². The predicted octanol–water partition coefficient (Wildman–Crippen LogP) is 0.783. The van der Waals surface area contributed by atoms with E-state index in [4.69, 9.17) is 0 Å². The molecule has 0 rings (SSSR count). The quantitative estimate of drug-likeness (QED) is 0.520. The Morgan fingerprint density at radius 2 is 2.14 bits per heavy atom. The lowest BCUT2D eigenvalue weighted by atomic mass is 11.2. The highest BCUT2D eigenvalue weighted by Crippen LogP contribution is 2.12. The second kappa shape index (κ2) is 2.69. The first kappa shape index (κ1) is 6.57. The van der Waals surface area contributed by atoms with Crippen LogP contribution in [0.25, 0.3) is 0 Å². The van der Waals surface area contributed by atoms with Crippen LogP contribution in [0.4, 0.5) is 4.79 Å². The van der Waals surface area contributed by atoms with Crippen molar-refractivity contribution in [3.05, 3.63) is 0 Å². The van der Waals surface area contributed by atoms with Gasteiger partial charge in [0.05, 0.1) is 0 Å². The second-order valence-corrected chi connectivity index (χ2v) is 2.45. The maximum atomic E-state index is 10.1. The van der Waals surface area contributed by atoms with E-state index in [2.05, 4.69) is 5.32 Å². The summed E-state index contributed by atoms with van der Waals surface area (Å²) in [5.41, 5.74) is -0.394. The fourth-order valence-corrected chi connectivity index (χ4v) is 0.472. The predicted molar refractivity (Wildman–Crippen MR) is 28.0 cm³/mol. The van der Waals surface area contributed by atoms with E-state index in [1.54, 1.807) is 0 Å². The first-order valence-electron chi connectivity index (χ1n) is 1.81. The van der Waals surface area contributed by atoms with Gasteiger partial charge in [0.15, 0.2) is 0 Å². The van der Waals surface area contributed by atoms with Gasteiger partial charge >= 0.3 is 13.4 Å². The van der Waals surface area contributed by atoms with Crippen molar-refractivity contribution < 1.29 is 9.36 Å². The summed E-state index contributed by atoms with van der Waals surface area (Å²) >= 11 is 0. The first-order chi connectivity index (χ1) is 3.18.